The fraction of sp³-hybridized carbons (Fsp3) is 0.929. The summed E-state index contributed by atoms with van der Waals surface area (Å²) in [5.41, 5.74) is -0.118. The molecule has 2 bridgehead atoms. The van der Waals surface area contributed by atoms with Crippen molar-refractivity contribution < 1.29 is 4.79 Å². The molecule has 0 aromatic carbocycles. The topological polar surface area (TPSA) is 44.4 Å². The van der Waals surface area contributed by atoms with Crippen molar-refractivity contribution in [2.75, 3.05) is 26.2 Å². The van der Waals surface area contributed by atoms with Gasteiger partial charge in [0.15, 0.2) is 0 Å². The summed E-state index contributed by atoms with van der Waals surface area (Å²) in [4.78, 5) is 14.2. The second kappa shape index (κ2) is 5.57. The minimum Gasteiger partial charge on any atom is -0.351 e. The molecule has 0 spiro atoms. The van der Waals surface area contributed by atoms with Gasteiger partial charge < -0.3 is 15.5 Å². The number of hydrogen-bond donors (Lipinski definition) is 2. The van der Waals surface area contributed by atoms with Gasteiger partial charge in [0.1, 0.15) is 0 Å². The Hall–Kier alpha value is -0.610. The molecule has 0 aliphatic carbocycles. The van der Waals surface area contributed by atoms with E-state index in [0.29, 0.717) is 12.5 Å². The van der Waals surface area contributed by atoms with Crippen molar-refractivity contribution in [2.45, 2.75) is 51.6 Å². The number of fused-ring (bicyclic) bond motifs is 3. The van der Waals surface area contributed by atoms with Gasteiger partial charge >= 0.3 is 0 Å². The quantitative estimate of drug-likeness (QED) is 0.785. The lowest BCUT2D eigenvalue weighted by Crippen LogP contribution is -2.56. The van der Waals surface area contributed by atoms with Crippen LogP contribution < -0.4 is 10.6 Å². The van der Waals surface area contributed by atoms with Crippen molar-refractivity contribution in [2.24, 2.45) is 5.92 Å². The standard InChI is InChI=1S/C14H27N3O/c1-14(2,3)16-13(18)4-7-15-12-10-17-8-5-11(12)6-9-17/h11-12,15H,4-10H2,1-3H3,(H,16,18). The second-order valence-corrected chi connectivity index (χ2v) is 6.75. The molecule has 3 rings (SSSR count). The van der Waals surface area contributed by atoms with Crippen molar-refractivity contribution in [3.63, 3.8) is 0 Å². The monoisotopic (exact) mass is 253 g/mol. The molecule has 0 aromatic rings. The molecule has 3 saturated heterocycles. The Kier molecular flexibility index (Phi) is 4.28. The van der Waals surface area contributed by atoms with Gasteiger partial charge in [-0.05, 0) is 52.6 Å². The van der Waals surface area contributed by atoms with E-state index in [9.17, 15) is 4.79 Å². The number of nitrogens with zero attached hydrogens (tertiary/aromatic N) is 1. The Morgan fingerprint density at radius 1 is 1.28 bits per heavy atom. The number of rotatable bonds is 4. The van der Waals surface area contributed by atoms with Crippen LogP contribution in [-0.2, 0) is 4.79 Å². The fourth-order valence-electron chi connectivity index (χ4n) is 3.05. The van der Waals surface area contributed by atoms with Gasteiger partial charge in [-0.3, -0.25) is 4.79 Å². The first-order valence-corrected chi connectivity index (χ1v) is 7.21. The van der Waals surface area contributed by atoms with Gasteiger partial charge in [-0.1, -0.05) is 0 Å². The molecule has 1 atom stereocenters. The van der Waals surface area contributed by atoms with Gasteiger partial charge in [-0.2, -0.15) is 0 Å². The van der Waals surface area contributed by atoms with Gasteiger partial charge in [0.25, 0.3) is 0 Å². The summed E-state index contributed by atoms with van der Waals surface area (Å²) in [6, 6.07) is 0.606. The van der Waals surface area contributed by atoms with E-state index in [1.165, 1.54) is 32.5 Å². The highest BCUT2D eigenvalue weighted by Crippen LogP contribution is 2.27. The van der Waals surface area contributed by atoms with Crippen LogP contribution in [0.1, 0.15) is 40.0 Å². The number of hydrogen-bond acceptors (Lipinski definition) is 3. The van der Waals surface area contributed by atoms with E-state index >= 15 is 0 Å². The molecule has 104 valence electrons. The van der Waals surface area contributed by atoms with E-state index in [2.05, 4.69) is 15.5 Å². The summed E-state index contributed by atoms with van der Waals surface area (Å²) in [6.07, 6.45) is 3.23. The zero-order chi connectivity index (χ0) is 13.2. The smallest absolute Gasteiger partial charge is 0.221 e. The first-order valence-electron chi connectivity index (χ1n) is 7.21. The van der Waals surface area contributed by atoms with Crippen LogP contribution >= 0.6 is 0 Å². The number of amides is 1. The highest BCUT2D eigenvalue weighted by Gasteiger charge is 2.33. The van der Waals surface area contributed by atoms with Crippen LogP contribution in [-0.4, -0.2) is 48.6 Å². The maximum Gasteiger partial charge on any atom is 0.221 e. The van der Waals surface area contributed by atoms with E-state index in [4.69, 9.17) is 0 Å². The van der Waals surface area contributed by atoms with Crippen molar-refractivity contribution in [1.29, 1.82) is 0 Å². The van der Waals surface area contributed by atoms with Crippen molar-refractivity contribution >= 4 is 5.91 Å². The van der Waals surface area contributed by atoms with Gasteiger partial charge in [-0.25, -0.2) is 0 Å². The van der Waals surface area contributed by atoms with Crippen LogP contribution in [0.2, 0.25) is 0 Å². The second-order valence-electron chi connectivity index (χ2n) is 6.75. The zero-order valence-electron chi connectivity index (χ0n) is 12.0. The maximum atomic E-state index is 11.7. The third-order valence-corrected chi connectivity index (χ3v) is 3.93. The zero-order valence-corrected chi connectivity index (χ0v) is 12.0. The molecule has 0 saturated carbocycles. The molecule has 4 nitrogen and oxygen atoms in total. The van der Waals surface area contributed by atoms with Crippen LogP contribution in [0.15, 0.2) is 0 Å². The van der Waals surface area contributed by atoms with Crippen LogP contribution in [0.25, 0.3) is 0 Å². The number of piperidine rings is 3. The first-order chi connectivity index (χ1) is 8.44. The van der Waals surface area contributed by atoms with Gasteiger partial charge in [0, 0.05) is 31.1 Å². The SMILES string of the molecule is CC(C)(C)NC(=O)CCNC1CN2CCC1CC2. The third kappa shape index (κ3) is 3.95. The lowest BCUT2D eigenvalue weighted by atomic mass is 9.84. The summed E-state index contributed by atoms with van der Waals surface area (Å²) in [5, 5.41) is 6.57. The third-order valence-electron chi connectivity index (χ3n) is 3.93. The molecule has 3 fully saturated rings. The van der Waals surface area contributed by atoms with Crippen molar-refractivity contribution in [1.82, 2.24) is 15.5 Å². The molecule has 0 radical (unpaired) electrons. The lowest BCUT2D eigenvalue weighted by molar-refractivity contribution is -0.122. The fourth-order valence-corrected chi connectivity index (χ4v) is 3.05. The molecule has 2 N–H and O–H groups in total. The van der Waals surface area contributed by atoms with Crippen LogP contribution in [0, 0.1) is 5.92 Å². The number of nitrogens with one attached hydrogen (secondary N) is 2. The minimum atomic E-state index is -0.118. The molecular weight excluding hydrogens is 226 g/mol. The predicted octanol–water partition coefficient (Wildman–Crippen LogP) is 0.975. The molecule has 1 unspecified atom stereocenters. The summed E-state index contributed by atoms with van der Waals surface area (Å²) in [5.74, 6) is 0.983. The van der Waals surface area contributed by atoms with Gasteiger partial charge in [0.05, 0.1) is 0 Å². The molecule has 3 aliphatic heterocycles. The molecule has 3 heterocycles. The molecule has 0 aromatic heterocycles. The van der Waals surface area contributed by atoms with Crippen LogP contribution in [0.3, 0.4) is 0 Å². The molecule has 18 heavy (non-hydrogen) atoms. The summed E-state index contributed by atoms with van der Waals surface area (Å²) in [6.45, 7) is 10.6. The molecule has 4 heteroatoms. The maximum absolute atomic E-state index is 11.7. The minimum absolute atomic E-state index is 0.118. The molecule has 1 amide bonds. The normalized spacial score (nSPS) is 31.4. The average molecular weight is 253 g/mol. The highest BCUT2D eigenvalue weighted by molar-refractivity contribution is 5.76. The van der Waals surface area contributed by atoms with E-state index < -0.39 is 0 Å². The van der Waals surface area contributed by atoms with E-state index in [0.717, 1.165) is 12.5 Å². The lowest BCUT2D eigenvalue weighted by Gasteiger charge is -2.45. The van der Waals surface area contributed by atoms with E-state index in [1.807, 2.05) is 20.8 Å². The number of carbonyl (C=O) groups excluding carboxylic acids is 1. The van der Waals surface area contributed by atoms with Gasteiger partial charge in [0.2, 0.25) is 5.91 Å². The summed E-state index contributed by atoms with van der Waals surface area (Å²) < 4.78 is 0. The summed E-state index contributed by atoms with van der Waals surface area (Å²) >= 11 is 0. The van der Waals surface area contributed by atoms with Crippen LogP contribution in [0.5, 0.6) is 0 Å². The average Bonchev–Trinajstić information content (AvgIpc) is 2.28. The Morgan fingerprint density at radius 2 is 1.94 bits per heavy atom. The Labute approximate surface area is 110 Å². The molecular formula is C14H27N3O. The van der Waals surface area contributed by atoms with E-state index in [-0.39, 0.29) is 11.4 Å². The summed E-state index contributed by atoms with van der Waals surface area (Å²) in [7, 11) is 0. The largest absolute Gasteiger partial charge is 0.351 e. The first kappa shape index (κ1) is 13.8. The van der Waals surface area contributed by atoms with Crippen LogP contribution in [0.4, 0.5) is 0 Å². The van der Waals surface area contributed by atoms with E-state index in [1.54, 1.807) is 0 Å². The molecule has 3 aliphatic rings. The Balaban J connectivity index is 1.65. The Bertz CT molecular complexity index is 290. The number of carbonyl (C=O) groups is 1. The van der Waals surface area contributed by atoms with Crippen molar-refractivity contribution in [3.8, 4) is 0 Å². The Morgan fingerprint density at radius 3 is 2.44 bits per heavy atom. The predicted molar refractivity (Wildman–Crippen MR) is 73.5 cm³/mol. The van der Waals surface area contributed by atoms with Gasteiger partial charge in [-0.15, -0.1) is 0 Å². The highest BCUT2D eigenvalue weighted by atomic mass is 16.1. The van der Waals surface area contributed by atoms with Crippen molar-refractivity contribution in [3.05, 3.63) is 0 Å².